The summed E-state index contributed by atoms with van der Waals surface area (Å²) in [5.41, 5.74) is 0.984. The molecule has 3 N–H and O–H groups in total. The number of nitrogens with one attached hydrogen (secondary N) is 3. The Morgan fingerprint density at radius 3 is 2.90 bits per heavy atom. The summed E-state index contributed by atoms with van der Waals surface area (Å²) < 4.78 is 0. The van der Waals surface area contributed by atoms with Crippen molar-refractivity contribution in [2.24, 2.45) is 0 Å². The maximum absolute atomic E-state index is 3.99. The van der Waals surface area contributed by atoms with Crippen molar-refractivity contribution in [2.75, 3.05) is 13.1 Å². The molecule has 0 amide bonds. The molecule has 4 heteroatoms. The van der Waals surface area contributed by atoms with Gasteiger partial charge in [0.1, 0.15) is 6.17 Å². The van der Waals surface area contributed by atoms with Crippen LogP contribution in [0, 0.1) is 6.33 Å². The number of aromatic nitrogens is 2. The van der Waals surface area contributed by atoms with Crippen LogP contribution in [-0.2, 0) is 0 Å². The molecule has 0 unspecified atom stereocenters. The molecule has 0 spiro atoms. The van der Waals surface area contributed by atoms with E-state index < -0.39 is 0 Å². The highest BCUT2D eigenvalue weighted by Crippen LogP contribution is 2.06. The SMILES string of the molecule is [c]1nc(C2NCCN2)c[nH]1. The minimum absolute atomic E-state index is 0.225. The van der Waals surface area contributed by atoms with Crippen LogP contribution < -0.4 is 10.6 Å². The average Bonchev–Trinajstić information content (AvgIpc) is 2.59. The Labute approximate surface area is 59.0 Å². The number of aromatic amines is 1. The van der Waals surface area contributed by atoms with Crippen LogP contribution in [-0.4, -0.2) is 23.1 Å². The Morgan fingerprint density at radius 1 is 1.50 bits per heavy atom. The minimum Gasteiger partial charge on any atom is -0.342 e. The fourth-order valence-electron chi connectivity index (χ4n) is 1.10. The minimum atomic E-state index is 0.225. The zero-order valence-electron chi connectivity index (χ0n) is 5.52. The monoisotopic (exact) mass is 137 g/mol. The van der Waals surface area contributed by atoms with Crippen molar-refractivity contribution in [1.29, 1.82) is 0 Å². The second-order valence-corrected chi connectivity index (χ2v) is 2.28. The van der Waals surface area contributed by atoms with Gasteiger partial charge < -0.3 is 4.98 Å². The Morgan fingerprint density at radius 2 is 2.30 bits per heavy atom. The number of hydrogen-bond donors (Lipinski definition) is 3. The Hall–Kier alpha value is -0.870. The Bertz CT molecular complexity index is 188. The number of rotatable bonds is 1. The molecule has 1 aromatic heterocycles. The highest BCUT2D eigenvalue weighted by molar-refractivity contribution is 5.02. The van der Waals surface area contributed by atoms with Gasteiger partial charge in [-0.1, -0.05) is 0 Å². The third-order valence-electron chi connectivity index (χ3n) is 1.59. The summed E-state index contributed by atoms with van der Waals surface area (Å²) in [5, 5.41) is 6.49. The fourth-order valence-corrected chi connectivity index (χ4v) is 1.10. The first-order valence-electron chi connectivity index (χ1n) is 3.35. The molecule has 10 heavy (non-hydrogen) atoms. The zero-order chi connectivity index (χ0) is 6.81. The lowest BCUT2D eigenvalue weighted by molar-refractivity contribution is 0.574. The fraction of sp³-hybridized carbons (Fsp3) is 0.500. The molecule has 1 fully saturated rings. The second-order valence-electron chi connectivity index (χ2n) is 2.28. The van der Waals surface area contributed by atoms with Crippen LogP contribution in [0.2, 0.25) is 0 Å². The molecule has 0 aliphatic carbocycles. The van der Waals surface area contributed by atoms with E-state index in [1.807, 2.05) is 6.20 Å². The first-order chi connectivity index (χ1) is 4.97. The number of H-pyrrole nitrogens is 1. The molecule has 4 nitrogen and oxygen atoms in total. The van der Waals surface area contributed by atoms with Crippen LogP contribution in [0.5, 0.6) is 0 Å². The van der Waals surface area contributed by atoms with Crippen LogP contribution in [0.25, 0.3) is 0 Å². The van der Waals surface area contributed by atoms with Gasteiger partial charge in [-0.05, 0) is 0 Å². The lowest BCUT2D eigenvalue weighted by atomic mass is 10.4. The number of hydrogen-bond acceptors (Lipinski definition) is 3. The van der Waals surface area contributed by atoms with Crippen molar-refractivity contribution in [2.45, 2.75) is 6.17 Å². The molecule has 53 valence electrons. The largest absolute Gasteiger partial charge is 0.342 e. The molecular weight excluding hydrogens is 128 g/mol. The van der Waals surface area contributed by atoms with E-state index in [4.69, 9.17) is 0 Å². The summed E-state index contributed by atoms with van der Waals surface area (Å²) in [6.07, 6.45) is 4.72. The molecule has 2 rings (SSSR count). The number of imidazole rings is 1. The number of nitrogens with zero attached hydrogens (tertiary/aromatic N) is 1. The molecular formula is C6H9N4. The van der Waals surface area contributed by atoms with E-state index in [0.717, 1.165) is 18.8 Å². The summed E-state index contributed by atoms with van der Waals surface area (Å²) in [6.45, 7) is 2.02. The zero-order valence-corrected chi connectivity index (χ0v) is 5.52. The average molecular weight is 137 g/mol. The summed E-state index contributed by atoms with van der Waals surface area (Å²) in [5.74, 6) is 0. The van der Waals surface area contributed by atoms with Gasteiger partial charge in [-0.2, -0.15) is 0 Å². The van der Waals surface area contributed by atoms with Crippen LogP contribution in [0.4, 0.5) is 0 Å². The molecule has 2 heterocycles. The molecule has 0 bridgehead atoms. The predicted octanol–water partition coefficient (Wildman–Crippen LogP) is -0.599. The van der Waals surface area contributed by atoms with E-state index >= 15 is 0 Å². The third kappa shape index (κ3) is 0.913. The summed E-state index contributed by atoms with van der Waals surface area (Å²) in [7, 11) is 0. The van der Waals surface area contributed by atoms with E-state index in [-0.39, 0.29) is 6.17 Å². The van der Waals surface area contributed by atoms with Gasteiger partial charge in [0.05, 0.1) is 5.69 Å². The predicted molar refractivity (Wildman–Crippen MR) is 36.2 cm³/mol. The molecule has 1 aliphatic rings. The summed E-state index contributed by atoms with van der Waals surface area (Å²) >= 11 is 0. The molecule has 1 aromatic rings. The van der Waals surface area contributed by atoms with Crippen molar-refractivity contribution < 1.29 is 0 Å². The Kier molecular flexibility index (Phi) is 1.41. The van der Waals surface area contributed by atoms with Gasteiger partial charge in [-0.3, -0.25) is 10.6 Å². The summed E-state index contributed by atoms with van der Waals surface area (Å²) in [4.78, 5) is 6.78. The molecule has 1 saturated heterocycles. The van der Waals surface area contributed by atoms with E-state index in [9.17, 15) is 0 Å². The van der Waals surface area contributed by atoms with Crippen LogP contribution in [0.3, 0.4) is 0 Å². The van der Waals surface area contributed by atoms with Crippen molar-refractivity contribution >= 4 is 0 Å². The normalized spacial score (nSPS) is 20.0. The van der Waals surface area contributed by atoms with E-state index in [0.29, 0.717) is 0 Å². The van der Waals surface area contributed by atoms with Gasteiger partial charge >= 0.3 is 0 Å². The lowest BCUT2D eigenvalue weighted by Crippen LogP contribution is -2.21. The third-order valence-corrected chi connectivity index (χ3v) is 1.59. The highest BCUT2D eigenvalue weighted by atomic mass is 15.2. The first-order valence-corrected chi connectivity index (χ1v) is 3.35. The van der Waals surface area contributed by atoms with Crippen LogP contribution in [0.15, 0.2) is 6.20 Å². The maximum atomic E-state index is 3.99. The molecule has 0 saturated carbocycles. The molecule has 0 aromatic carbocycles. The van der Waals surface area contributed by atoms with Crippen LogP contribution >= 0.6 is 0 Å². The van der Waals surface area contributed by atoms with Crippen molar-refractivity contribution in [3.8, 4) is 0 Å². The van der Waals surface area contributed by atoms with Crippen molar-refractivity contribution in [3.05, 3.63) is 18.2 Å². The maximum Gasteiger partial charge on any atom is 0.173 e. The smallest absolute Gasteiger partial charge is 0.173 e. The van der Waals surface area contributed by atoms with Crippen molar-refractivity contribution in [1.82, 2.24) is 20.6 Å². The molecule has 0 atom stereocenters. The van der Waals surface area contributed by atoms with Crippen LogP contribution in [0.1, 0.15) is 11.9 Å². The first kappa shape index (κ1) is 5.88. The standard InChI is InChI=1S/C6H9N4/c1-2-9-6(8-1)5-3-7-4-10-5/h3,6,8-9H,1-2H2,(H,7,10). The molecule has 1 radical (unpaired) electrons. The quantitative estimate of drug-likeness (QED) is 0.484. The topological polar surface area (TPSA) is 52.7 Å². The van der Waals surface area contributed by atoms with Gasteiger partial charge in [-0.25, -0.2) is 4.98 Å². The van der Waals surface area contributed by atoms with Gasteiger partial charge in [0.2, 0.25) is 0 Å². The highest BCUT2D eigenvalue weighted by Gasteiger charge is 2.15. The van der Waals surface area contributed by atoms with Gasteiger partial charge in [-0.15, -0.1) is 0 Å². The summed E-state index contributed by atoms with van der Waals surface area (Å²) in [6, 6.07) is 0. The van der Waals surface area contributed by atoms with E-state index in [2.05, 4.69) is 26.9 Å². The molecule has 1 aliphatic heterocycles. The van der Waals surface area contributed by atoms with Gasteiger partial charge in [0, 0.05) is 19.3 Å². The van der Waals surface area contributed by atoms with Crippen molar-refractivity contribution in [3.63, 3.8) is 0 Å². The van der Waals surface area contributed by atoms with Gasteiger partial charge in [0.15, 0.2) is 6.33 Å². The van der Waals surface area contributed by atoms with E-state index in [1.54, 1.807) is 0 Å². The lowest BCUT2D eigenvalue weighted by Gasteiger charge is -2.04. The van der Waals surface area contributed by atoms with Gasteiger partial charge in [0.25, 0.3) is 0 Å². The Balaban J connectivity index is 2.12. The van der Waals surface area contributed by atoms with E-state index in [1.165, 1.54) is 0 Å². The second kappa shape index (κ2) is 2.40.